The fourth-order valence-electron chi connectivity index (χ4n) is 2.59. The molecule has 1 N–H and O–H groups in total. The highest BCUT2D eigenvalue weighted by Gasteiger charge is 2.18. The highest BCUT2D eigenvalue weighted by molar-refractivity contribution is 5.74. The summed E-state index contributed by atoms with van der Waals surface area (Å²) in [5.41, 5.74) is 5.50. The van der Waals surface area contributed by atoms with Crippen LogP contribution in [0, 0.1) is 5.92 Å². The van der Waals surface area contributed by atoms with Crippen molar-refractivity contribution in [3.8, 4) is 0 Å². The lowest BCUT2D eigenvalue weighted by atomic mass is 9.81. The van der Waals surface area contributed by atoms with Crippen LogP contribution in [0.5, 0.6) is 0 Å². The Balaban J connectivity index is 2.25. The molecule has 0 bridgehead atoms. The average Bonchev–Trinajstić information content (AvgIpc) is 2.45. The van der Waals surface area contributed by atoms with Crippen molar-refractivity contribution in [3.63, 3.8) is 0 Å². The zero-order valence-corrected chi connectivity index (χ0v) is 12.9. The monoisotopic (exact) mass is 283 g/mol. The fourth-order valence-corrected chi connectivity index (χ4v) is 2.59. The van der Waals surface area contributed by atoms with Gasteiger partial charge in [-0.2, -0.15) is 0 Å². The smallest absolute Gasteiger partial charge is 0.167 e. The Labute approximate surface area is 126 Å². The molecule has 2 heteroatoms. The number of anilines is 1. The van der Waals surface area contributed by atoms with Crippen LogP contribution in [0.3, 0.4) is 0 Å². The molecule has 0 fully saturated rings. The minimum Gasteiger partial charge on any atom is -0.356 e. The van der Waals surface area contributed by atoms with Gasteiger partial charge in [0.25, 0.3) is 0 Å². The summed E-state index contributed by atoms with van der Waals surface area (Å²) < 4.78 is 12.9. The quantitative estimate of drug-likeness (QED) is 0.719. The van der Waals surface area contributed by atoms with E-state index in [0.29, 0.717) is 0 Å². The first-order valence-electron chi connectivity index (χ1n) is 7.24. The Bertz CT molecular complexity index is 603. The van der Waals surface area contributed by atoms with Crippen molar-refractivity contribution in [1.82, 2.24) is 0 Å². The van der Waals surface area contributed by atoms with Crippen molar-refractivity contribution in [3.05, 3.63) is 71.9 Å². The van der Waals surface area contributed by atoms with Crippen LogP contribution in [-0.4, -0.2) is 6.30 Å². The molecule has 2 atom stereocenters. The highest BCUT2D eigenvalue weighted by Crippen LogP contribution is 2.35. The maximum atomic E-state index is 12.9. The number of halogens is 1. The Hall–Kier alpha value is -2.09. The summed E-state index contributed by atoms with van der Waals surface area (Å²) in [4.78, 5) is 0. The fraction of sp³-hybridized carbons (Fsp3) is 0.263. The van der Waals surface area contributed by atoms with E-state index in [2.05, 4.69) is 43.1 Å². The molecule has 0 spiro atoms. The summed E-state index contributed by atoms with van der Waals surface area (Å²) >= 11 is 0. The van der Waals surface area contributed by atoms with Crippen LogP contribution >= 0.6 is 0 Å². The van der Waals surface area contributed by atoms with Crippen molar-refractivity contribution in [2.24, 2.45) is 5.92 Å². The van der Waals surface area contributed by atoms with E-state index in [4.69, 9.17) is 0 Å². The standard InChI is InChI=1S/C19H22FN/c1-5-18(19-8-6-7-13(2)14(19)3)16-9-11-17(12-10-16)21-15(4)20/h5-12,15,19,21H,3H2,1-2,4H3/b18-5-. The zero-order valence-electron chi connectivity index (χ0n) is 12.9. The van der Waals surface area contributed by atoms with E-state index in [-0.39, 0.29) is 5.92 Å². The van der Waals surface area contributed by atoms with E-state index in [9.17, 15) is 4.39 Å². The van der Waals surface area contributed by atoms with Gasteiger partial charge in [0.05, 0.1) is 0 Å². The van der Waals surface area contributed by atoms with Crippen molar-refractivity contribution in [2.75, 3.05) is 5.32 Å². The van der Waals surface area contributed by atoms with Gasteiger partial charge in [-0.3, -0.25) is 0 Å². The first-order valence-corrected chi connectivity index (χ1v) is 7.24. The Morgan fingerprint density at radius 1 is 1.33 bits per heavy atom. The molecule has 2 unspecified atom stereocenters. The molecule has 0 aliphatic heterocycles. The van der Waals surface area contributed by atoms with Gasteiger partial charge in [-0.25, -0.2) is 4.39 Å². The molecule has 0 aromatic heterocycles. The molecule has 21 heavy (non-hydrogen) atoms. The van der Waals surface area contributed by atoms with Gasteiger partial charge in [-0.1, -0.05) is 43.0 Å². The van der Waals surface area contributed by atoms with Crippen LogP contribution in [0.25, 0.3) is 5.57 Å². The molecule has 0 saturated carbocycles. The van der Waals surface area contributed by atoms with Crippen LogP contribution in [0.2, 0.25) is 0 Å². The zero-order chi connectivity index (χ0) is 15.4. The summed E-state index contributed by atoms with van der Waals surface area (Å²) in [7, 11) is 0. The van der Waals surface area contributed by atoms with E-state index >= 15 is 0 Å². The summed E-state index contributed by atoms with van der Waals surface area (Å²) in [5.74, 6) is 0.207. The molecule has 2 rings (SSSR count). The third-order valence-electron chi connectivity index (χ3n) is 3.76. The third-order valence-corrected chi connectivity index (χ3v) is 3.76. The number of hydrogen-bond donors (Lipinski definition) is 1. The van der Waals surface area contributed by atoms with Crippen molar-refractivity contribution in [1.29, 1.82) is 0 Å². The average molecular weight is 283 g/mol. The molecule has 0 radical (unpaired) electrons. The van der Waals surface area contributed by atoms with E-state index in [0.717, 1.165) is 16.8 Å². The Kier molecular flexibility index (Phi) is 4.79. The maximum absolute atomic E-state index is 12.9. The van der Waals surface area contributed by atoms with E-state index in [1.165, 1.54) is 18.1 Å². The molecular weight excluding hydrogens is 261 g/mol. The van der Waals surface area contributed by atoms with Crippen LogP contribution in [0.4, 0.5) is 10.1 Å². The van der Waals surface area contributed by atoms with E-state index in [1.807, 2.05) is 31.2 Å². The van der Waals surface area contributed by atoms with Crippen molar-refractivity contribution < 1.29 is 4.39 Å². The van der Waals surface area contributed by atoms with Crippen LogP contribution < -0.4 is 5.32 Å². The predicted molar refractivity (Wildman–Crippen MR) is 89.8 cm³/mol. The Morgan fingerprint density at radius 3 is 2.57 bits per heavy atom. The van der Waals surface area contributed by atoms with Gasteiger partial charge in [-0.15, -0.1) is 0 Å². The predicted octanol–water partition coefficient (Wildman–Crippen LogP) is 5.51. The van der Waals surface area contributed by atoms with Gasteiger partial charge in [0, 0.05) is 11.6 Å². The number of rotatable bonds is 4. The topological polar surface area (TPSA) is 12.0 Å². The summed E-state index contributed by atoms with van der Waals surface area (Å²) in [6.45, 7) is 9.82. The van der Waals surface area contributed by atoms with Crippen LogP contribution in [0.1, 0.15) is 26.3 Å². The molecule has 1 aromatic rings. The molecule has 110 valence electrons. The SMILES string of the molecule is C=C1C(C)=CC=CC1/C(=C\C)c1ccc(NC(C)F)cc1. The van der Waals surface area contributed by atoms with Crippen molar-refractivity contribution >= 4 is 11.3 Å². The van der Waals surface area contributed by atoms with Crippen LogP contribution in [0.15, 0.2) is 66.3 Å². The summed E-state index contributed by atoms with van der Waals surface area (Å²) in [5, 5.41) is 2.76. The lowest BCUT2D eigenvalue weighted by Crippen LogP contribution is -2.09. The van der Waals surface area contributed by atoms with Crippen molar-refractivity contribution in [2.45, 2.75) is 27.1 Å². The first kappa shape index (κ1) is 15.3. The van der Waals surface area contributed by atoms with E-state index in [1.54, 1.807) is 0 Å². The number of benzene rings is 1. The highest BCUT2D eigenvalue weighted by atomic mass is 19.1. The first-order chi connectivity index (χ1) is 10.0. The van der Waals surface area contributed by atoms with Gasteiger partial charge >= 0.3 is 0 Å². The molecule has 0 saturated heterocycles. The molecule has 1 aliphatic rings. The molecule has 0 heterocycles. The maximum Gasteiger partial charge on any atom is 0.167 e. The van der Waals surface area contributed by atoms with Gasteiger partial charge in [-0.05, 0) is 55.2 Å². The molecule has 1 nitrogen and oxygen atoms in total. The second kappa shape index (κ2) is 6.57. The van der Waals surface area contributed by atoms with Gasteiger partial charge < -0.3 is 5.32 Å². The summed E-state index contributed by atoms with van der Waals surface area (Å²) in [6.07, 6.45) is 7.41. The normalized spacial score (nSPS) is 20.2. The number of nitrogens with one attached hydrogen (secondary N) is 1. The lowest BCUT2D eigenvalue weighted by Gasteiger charge is -2.23. The largest absolute Gasteiger partial charge is 0.356 e. The number of allylic oxidation sites excluding steroid dienone is 7. The van der Waals surface area contributed by atoms with Gasteiger partial charge in [0.1, 0.15) is 0 Å². The van der Waals surface area contributed by atoms with E-state index < -0.39 is 6.30 Å². The molecular formula is C19H22FN. The van der Waals surface area contributed by atoms with Crippen LogP contribution in [-0.2, 0) is 0 Å². The third kappa shape index (κ3) is 3.52. The number of alkyl halides is 1. The minimum absolute atomic E-state index is 0.207. The molecule has 0 amide bonds. The Morgan fingerprint density at radius 2 is 2.00 bits per heavy atom. The molecule has 1 aliphatic carbocycles. The second-order valence-electron chi connectivity index (χ2n) is 5.32. The second-order valence-corrected chi connectivity index (χ2v) is 5.32. The minimum atomic E-state index is -1.05. The lowest BCUT2D eigenvalue weighted by molar-refractivity contribution is 0.402. The molecule has 1 aromatic carbocycles. The van der Waals surface area contributed by atoms with Gasteiger partial charge in [0.15, 0.2) is 6.30 Å². The number of hydrogen-bond acceptors (Lipinski definition) is 1. The van der Waals surface area contributed by atoms with Gasteiger partial charge in [0.2, 0.25) is 0 Å². The summed E-state index contributed by atoms with van der Waals surface area (Å²) in [6, 6.07) is 7.86.